The topological polar surface area (TPSA) is 94.0 Å². The van der Waals surface area contributed by atoms with Crippen LogP contribution in [0.1, 0.15) is 31.0 Å². The highest BCUT2D eigenvalue weighted by atomic mass is 35.5. The molecule has 4 rings (SSSR count). The van der Waals surface area contributed by atoms with Crippen LogP contribution < -0.4 is 15.4 Å². The molecule has 2 aromatic rings. The van der Waals surface area contributed by atoms with Gasteiger partial charge in [0.2, 0.25) is 5.91 Å². The first-order valence-electron chi connectivity index (χ1n) is 8.24. The maximum atomic E-state index is 12.3. The normalized spacial score (nSPS) is 19.3. The van der Waals surface area contributed by atoms with Crippen LogP contribution in [0.25, 0.3) is 5.69 Å². The van der Waals surface area contributed by atoms with Crippen molar-refractivity contribution >= 4 is 24.0 Å². The number of nitrogens with one attached hydrogen (secondary N) is 2. The van der Waals surface area contributed by atoms with Gasteiger partial charge >= 0.3 is 0 Å². The molecule has 134 valence electrons. The van der Waals surface area contributed by atoms with Gasteiger partial charge in [0.1, 0.15) is 11.4 Å². The Morgan fingerprint density at radius 3 is 2.88 bits per heavy atom. The summed E-state index contributed by atoms with van der Waals surface area (Å²) in [6, 6.07) is 5.53. The van der Waals surface area contributed by atoms with Crippen molar-refractivity contribution in [1.82, 2.24) is 25.5 Å². The van der Waals surface area contributed by atoms with Crippen LogP contribution in [0.4, 0.5) is 5.69 Å². The summed E-state index contributed by atoms with van der Waals surface area (Å²) < 4.78 is 7.16. The van der Waals surface area contributed by atoms with Crippen molar-refractivity contribution in [2.45, 2.75) is 25.2 Å². The highest BCUT2D eigenvalue weighted by Gasteiger charge is 2.31. The van der Waals surface area contributed by atoms with E-state index in [1.54, 1.807) is 11.8 Å². The fourth-order valence-corrected chi connectivity index (χ4v) is 3.02. The molecule has 2 heterocycles. The lowest BCUT2D eigenvalue weighted by atomic mass is 10.1. The molecule has 1 saturated carbocycles. The van der Waals surface area contributed by atoms with Gasteiger partial charge in [-0.05, 0) is 54.4 Å². The number of hydrogen-bond donors (Lipinski definition) is 2. The number of aromatic nitrogens is 4. The van der Waals surface area contributed by atoms with E-state index in [4.69, 9.17) is 4.74 Å². The Kier molecular flexibility index (Phi) is 5.19. The smallest absolute Gasteiger partial charge is 0.228 e. The average molecular weight is 365 g/mol. The van der Waals surface area contributed by atoms with Crippen molar-refractivity contribution in [3.8, 4) is 11.4 Å². The van der Waals surface area contributed by atoms with Crippen LogP contribution in [0.15, 0.2) is 18.2 Å². The van der Waals surface area contributed by atoms with Crippen molar-refractivity contribution in [2.75, 3.05) is 25.5 Å². The molecule has 2 N–H and O–H groups in total. The number of amides is 1. The van der Waals surface area contributed by atoms with Crippen LogP contribution in [0.3, 0.4) is 0 Å². The van der Waals surface area contributed by atoms with Gasteiger partial charge in [0, 0.05) is 18.2 Å². The second kappa shape index (κ2) is 7.37. The molecule has 1 saturated heterocycles. The molecule has 1 aliphatic carbocycles. The molecule has 2 aliphatic rings. The summed E-state index contributed by atoms with van der Waals surface area (Å²) in [5.41, 5.74) is 1.46. The number of halogens is 1. The first-order chi connectivity index (χ1) is 11.8. The maximum absolute atomic E-state index is 12.3. The van der Waals surface area contributed by atoms with E-state index in [9.17, 15) is 4.79 Å². The highest BCUT2D eigenvalue weighted by molar-refractivity contribution is 5.93. The molecule has 1 aromatic heterocycles. The van der Waals surface area contributed by atoms with E-state index in [2.05, 4.69) is 26.2 Å². The van der Waals surface area contributed by atoms with E-state index in [0.29, 0.717) is 11.7 Å². The van der Waals surface area contributed by atoms with Crippen molar-refractivity contribution in [3.63, 3.8) is 0 Å². The minimum absolute atomic E-state index is 0. The van der Waals surface area contributed by atoms with Crippen LogP contribution >= 0.6 is 12.4 Å². The van der Waals surface area contributed by atoms with Crippen molar-refractivity contribution in [1.29, 1.82) is 0 Å². The zero-order valence-corrected chi connectivity index (χ0v) is 14.8. The number of anilines is 1. The van der Waals surface area contributed by atoms with Gasteiger partial charge in [0.15, 0.2) is 5.82 Å². The highest BCUT2D eigenvalue weighted by Crippen LogP contribution is 2.40. The zero-order valence-electron chi connectivity index (χ0n) is 13.9. The van der Waals surface area contributed by atoms with Crippen molar-refractivity contribution in [2.24, 2.45) is 5.92 Å². The van der Waals surface area contributed by atoms with Crippen LogP contribution in [-0.2, 0) is 4.79 Å². The number of tetrazole rings is 1. The monoisotopic (exact) mass is 364 g/mol. The van der Waals surface area contributed by atoms with E-state index in [1.165, 1.54) is 0 Å². The van der Waals surface area contributed by atoms with Gasteiger partial charge in [0.25, 0.3) is 0 Å². The minimum Gasteiger partial charge on any atom is -0.494 e. The van der Waals surface area contributed by atoms with E-state index < -0.39 is 0 Å². The first-order valence-corrected chi connectivity index (χ1v) is 8.24. The number of hydrogen-bond acceptors (Lipinski definition) is 6. The lowest BCUT2D eigenvalue weighted by Crippen LogP contribution is -2.24. The van der Waals surface area contributed by atoms with Gasteiger partial charge < -0.3 is 15.4 Å². The number of methoxy groups -OCH3 is 1. The third-order valence-corrected chi connectivity index (χ3v) is 4.54. The Labute approximate surface area is 151 Å². The molecule has 25 heavy (non-hydrogen) atoms. The molecule has 1 atom stereocenters. The molecule has 2 fully saturated rings. The van der Waals surface area contributed by atoms with E-state index in [1.807, 2.05) is 18.2 Å². The summed E-state index contributed by atoms with van der Waals surface area (Å²) >= 11 is 0. The molecule has 9 heteroatoms. The molecular formula is C16H21ClN6O2. The Morgan fingerprint density at radius 2 is 2.20 bits per heavy atom. The molecule has 1 unspecified atom stereocenters. The lowest BCUT2D eigenvalue weighted by molar-refractivity contribution is -0.119. The van der Waals surface area contributed by atoms with Crippen molar-refractivity contribution in [3.05, 3.63) is 24.0 Å². The number of rotatable bonds is 5. The van der Waals surface area contributed by atoms with Gasteiger partial charge in [-0.2, -0.15) is 4.68 Å². The predicted molar refractivity (Wildman–Crippen MR) is 94.5 cm³/mol. The van der Waals surface area contributed by atoms with E-state index in [0.717, 1.165) is 49.6 Å². The van der Waals surface area contributed by atoms with Crippen LogP contribution in [0, 0.1) is 5.92 Å². The number of ether oxygens (including phenoxy) is 1. The lowest BCUT2D eigenvalue weighted by Gasteiger charge is -2.14. The summed E-state index contributed by atoms with van der Waals surface area (Å²) in [5, 5.41) is 18.2. The van der Waals surface area contributed by atoms with E-state index in [-0.39, 0.29) is 24.2 Å². The molecule has 1 amide bonds. The first kappa shape index (κ1) is 17.6. The number of nitrogens with zero attached hydrogens (tertiary/aromatic N) is 4. The van der Waals surface area contributed by atoms with Gasteiger partial charge in [-0.1, -0.05) is 0 Å². The minimum atomic E-state index is 0. The standard InChI is InChI=1S/C16H20N6O2.ClH/c1-24-14-5-4-12(18-16(23)11-6-7-17-9-11)8-13(14)22-15(10-2-3-10)19-20-21-22;/h4-5,8,10-11,17H,2-3,6-7,9H2,1H3,(H,18,23);1H. The SMILES string of the molecule is COc1ccc(NC(=O)C2CCNC2)cc1-n1nnnc1C1CC1.Cl. The molecule has 1 aromatic carbocycles. The fourth-order valence-electron chi connectivity index (χ4n) is 3.02. The zero-order chi connectivity index (χ0) is 16.5. The fraction of sp³-hybridized carbons (Fsp3) is 0.500. The van der Waals surface area contributed by atoms with Gasteiger partial charge in [-0.3, -0.25) is 4.79 Å². The van der Waals surface area contributed by atoms with Gasteiger partial charge in [-0.25, -0.2) is 0 Å². The molecule has 1 aliphatic heterocycles. The number of carbonyl (C=O) groups excluding carboxylic acids is 1. The molecule has 0 radical (unpaired) electrons. The quantitative estimate of drug-likeness (QED) is 0.835. The summed E-state index contributed by atoms with van der Waals surface area (Å²) in [6.45, 7) is 1.62. The Hall–Kier alpha value is -2.19. The third-order valence-electron chi connectivity index (χ3n) is 4.54. The Balaban J connectivity index is 0.00000182. The number of carbonyl (C=O) groups is 1. The molecule has 0 bridgehead atoms. The summed E-state index contributed by atoms with van der Waals surface area (Å²) in [7, 11) is 1.61. The molecule has 8 nitrogen and oxygen atoms in total. The second-order valence-electron chi connectivity index (χ2n) is 6.29. The molecule has 0 spiro atoms. The Bertz CT molecular complexity index is 755. The second-order valence-corrected chi connectivity index (χ2v) is 6.29. The summed E-state index contributed by atoms with van der Waals surface area (Å²) in [6.07, 6.45) is 3.08. The molecular weight excluding hydrogens is 344 g/mol. The largest absolute Gasteiger partial charge is 0.494 e. The van der Waals surface area contributed by atoms with Gasteiger partial charge in [0.05, 0.1) is 13.0 Å². The van der Waals surface area contributed by atoms with E-state index >= 15 is 0 Å². The van der Waals surface area contributed by atoms with Crippen LogP contribution in [0.2, 0.25) is 0 Å². The average Bonchev–Trinajstić information content (AvgIpc) is 3.11. The maximum Gasteiger partial charge on any atom is 0.228 e. The number of benzene rings is 1. The van der Waals surface area contributed by atoms with Crippen molar-refractivity contribution < 1.29 is 9.53 Å². The Morgan fingerprint density at radius 1 is 1.36 bits per heavy atom. The van der Waals surface area contributed by atoms with Crippen LogP contribution in [0.5, 0.6) is 5.75 Å². The van der Waals surface area contributed by atoms with Gasteiger partial charge in [-0.15, -0.1) is 17.5 Å². The van der Waals surface area contributed by atoms with Crippen LogP contribution in [-0.4, -0.2) is 46.3 Å². The summed E-state index contributed by atoms with van der Waals surface area (Å²) in [4.78, 5) is 12.3. The third kappa shape index (κ3) is 3.59. The summed E-state index contributed by atoms with van der Waals surface area (Å²) in [5.74, 6) is 1.98. The predicted octanol–water partition coefficient (Wildman–Crippen LogP) is 1.52.